The van der Waals surface area contributed by atoms with Gasteiger partial charge in [0.1, 0.15) is 0 Å². The molecule has 0 bridgehead atoms. The van der Waals surface area contributed by atoms with Gasteiger partial charge >= 0.3 is 5.97 Å². The summed E-state index contributed by atoms with van der Waals surface area (Å²) in [6, 6.07) is 0. The Morgan fingerprint density at radius 3 is 2.68 bits per heavy atom. The quantitative estimate of drug-likeness (QED) is 0.766. The molecular weight excluding hydrogens is 266 g/mol. The lowest BCUT2D eigenvalue weighted by Crippen LogP contribution is -2.38. The number of carbonyl (C=O) groups excluding carboxylic acids is 1. The largest absolute Gasteiger partial charge is 0.481 e. The second-order valence-electron chi connectivity index (χ2n) is 4.91. The molecule has 1 rings (SSSR count). The number of aliphatic carboxylic acids is 1. The molecule has 2 N–H and O–H groups in total. The Balaban J connectivity index is 2.91. The van der Waals surface area contributed by atoms with Crippen molar-refractivity contribution in [1.82, 2.24) is 14.9 Å². The average molecular weight is 285 g/mol. The number of hydrogen-bond acceptors (Lipinski definition) is 4. The molecule has 0 spiro atoms. The molecule has 0 saturated heterocycles. The van der Waals surface area contributed by atoms with Crippen LogP contribution in [-0.4, -0.2) is 39.3 Å². The Morgan fingerprint density at radius 2 is 2.16 bits per heavy atom. The topological polar surface area (TPSA) is 84.2 Å². The fourth-order valence-corrected chi connectivity index (χ4v) is 2.42. The summed E-state index contributed by atoms with van der Waals surface area (Å²) in [6.07, 6.45) is 1.68. The number of aromatic nitrogens is 2. The predicted octanol–water partition coefficient (Wildman–Crippen LogP) is 1.14. The van der Waals surface area contributed by atoms with Gasteiger partial charge in [0.2, 0.25) is 5.91 Å². The summed E-state index contributed by atoms with van der Waals surface area (Å²) in [4.78, 5) is 26.6. The third-order valence-electron chi connectivity index (χ3n) is 2.74. The first-order valence-electron chi connectivity index (χ1n) is 5.87. The van der Waals surface area contributed by atoms with Gasteiger partial charge in [-0.2, -0.15) is 0 Å². The number of carbonyl (C=O) groups is 2. The molecular formula is C12H19N3O3S. The SMILES string of the molecule is CNC(=O)C(C)(C)Cn1c(C)cnc1SCC(=O)O. The fourth-order valence-electron chi connectivity index (χ4n) is 1.68. The number of nitrogens with zero attached hydrogens (tertiary/aromatic N) is 2. The van der Waals surface area contributed by atoms with E-state index >= 15 is 0 Å². The summed E-state index contributed by atoms with van der Waals surface area (Å²) in [7, 11) is 1.60. The lowest BCUT2D eigenvalue weighted by molar-refractivity contribution is -0.134. The highest BCUT2D eigenvalue weighted by atomic mass is 32.2. The van der Waals surface area contributed by atoms with Crippen molar-refractivity contribution in [2.45, 2.75) is 32.5 Å². The van der Waals surface area contributed by atoms with E-state index in [0.717, 1.165) is 17.5 Å². The van der Waals surface area contributed by atoms with Gasteiger partial charge in [-0.1, -0.05) is 11.8 Å². The normalized spacial score (nSPS) is 11.4. The Hall–Kier alpha value is -1.50. The molecule has 0 atom stereocenters. The second-order valence-corrected chi connectivity index (χ2v) is 5.86. The molecule has 1 heterocycles. The lowest BCUT2D eigenvalue weighted by atomic mass is 9.92. The smallest absolute Gasteiger partial charge is 0.313 e. The predicted molar refractivity (Wildman–Crippen MR) is 73.2 cm³/mol. The number of imidazole rings is 1. The van der Waals surface area contributed by atoms with Crippen molar-refractivity contribution < 1.29 is 14.7 Å². The molecule has 0 aliphatic rings. The van der Waals surface area contributed by atoms with Gasteiger partial charge in [-0.15, -0.1) is 0 Å². The summed E-state index contributed by atoms with van der Waals surface area (Å²) >= 11 is 1.16. The number of amides is 1. The number of rotatable bonds is 6. The van der Waals surface area contributed by atoms with Gasteiger partial charge in [-0.05, 0) is 20.8 Å². The van der Waals surface area contributed by atoms with Gasteiger partial charge in [0.15, 0.2) is 5.16 Å². The second kappa shape index (κ2) is 6.10. The standard InChI is InChI=1S/C12H19N3O3S/c1-8-5-14-11(19-6-9(16)17)15(8)7-12(2,3)10(18)13-4/h5H,6-7H2,1-4H3,(H,13,18)(H,16,17). The Bertz CT molecular complexity index is 483. The molecule has 0 aliphatic carbocycles. The van der Waals surface area contributed by atoms with Gasteiger partial charge in [0.25, 0.3) is 0 Å². The summed E-state index contributed by atoms with van der Waals surface area (Å²) in [5.41, 5.74) is 0.323. The van der Waals surface area contributed by atoms with Crippen LogP contribution >= 0.6 is 11.8 Å². The Morgan fingerprint density at radius 1 is 1.53 bits per heavy atom. The minimum absolute atomic E-state index is 0.0448. The van der Waals surface area contributed by atoms with E-state index in [1.165, 1.54) is 0 Å². The molecule has 0 radical (unpaired) electrons. The van der Waals surface area contributed by atoms with E-state index in [4.69, 9.17) is 5.11 Å². The zero-order valence-corrected chi connectivity index (χ0v) is 12.4. The van der Waals surface area contributed by atoms with E-state index in [0.29, 0.717) is 11.7 Å². The van der Waals surface area contributed by atoms with E-state index in [1.807, 2.05) is 25.3 Å². The molecule has 0 saturated carbocycles. The number of carboxylic acids is 1. The van der Waals surface area contributed by atoms with E-state index in [-0.39, 0.29) is 11.7 Å². The monoisotopic (exact) mass is 285 g/mol. The van der Waals surface area contributed by atoms with Gasteiger partial charge < -0.3 is 15.0 Å². The third-order valence-corrected chi connectivity index (χ3v) is 3.71. The summed E-state index contributed by atoms with van der Waals surface area (Å²) in [5.74, 6) is -0.991. The van der Waals surface area contributed by atoms with E-state index < -0.39 is 11.4 Å². The number of nitrogens with one attached hydrogen (secondary N) is 1. The summed E-state index contributed by atoms with van der Waals surface area (Å²) in [6.45, 7) is 6.03. The van der Waals surface area contributed by atoms with Crippen LogP contribution in [0.15, 0.2) is 11.4 Å². The number of thioether (sulfide) groups is 1. The van der Waals surface area contributed by atoms with Crippen molar-refractivity contribution in [3.8, 4) is 0 Å². The maximum atomic E-state index is 11.8. The molecule has 19 heavy (non-hydrogen) atoms. The lowest BCUT2D eigenvalue weighted by Gasteiger charge is -2.24. The molecule has 1 aromatic rings. The van der Waals surface area contributed by atoms with Crippen LogP contribution in [0.3, 0.4) is 0 Å². The first-order chi connectivity index (χ1) is 8.77. The summed E-state index contributed by atoms with van der Waals surface area (Å²) in [5, 5.41) is 12.0. The van der Waals surface area contributed by atoms with Gasteiger partial charge in [-0.3, -0.25) is 9.59 Å². The van der Waals surface area contributed by atoms with Gasteiger partial charge in [0, 0.05) is 25.5 Å². The van der Waals surface area contributed by atoms with Gasteiger partial charge in [0.05, 0.1) is 11.2 Å². The van der Waals surface area contributed by atoms with E-state index in [1.54, 1.807) is 13.2 Å². The Labute approximate surface area is 116 Å². The molecule has 0 fully saturated rings. The highest BCUT2D eigenvalue weighted by Crippen LogP contribution is 2.25. The number of carboxylic acid groups (broad SMARTS) is 1. The minimum atomic E-state index is -0.886. The van der Waals surface area contributed by atoms with Crippen molar-refractivity contribution in [3.05, 3.63) is 11.9 Å². The summed E-state index contributed by atoms with van der Waals surface area (Å²) < 4.78 is 1.88. The average Bonchev–Trinajstić information content (AvgIpc) is 2.66. The van der Waals surface area contributed by atoms with Crippen molar-refractivity contribution in [2.75, 3.05) is 12.8 Å². The van der Waals surface area contributed by atoms with Crippen LogP contribution in [0.1, 0.15) is 19.5 Å². The van der Waals surface area contributed by atoms with Crippen LogP contribution in [0, 0.1) is 12.3 Å². The van der Waals surface area contributed by atoms with Crippen molar-refractivity contribution >= 4 is 23.6 Å². The zero-order chi connectivity index (χ0) is 14.6. The van der Waals surface area contributed by atoms with Crippen LogP contribution in [0.5, 0.6) is 0 Å². The highest BCUT2D eigenvalue weighted by Gasteiger charge is 2.28. The van der Waals surface area contributed by atoms with Crippen molar-refractivity contribution in [3.63, 3.8) is 0 Å². The molecule has 0 aromatic carbocycles. The van der Waals surface area contributed by atoms with Crippen LogP contribution in [0.25, 0.3) is 0 Å². The van der Waals surface area contributed by atoms with E-state index in [2.05, 4.69) is 10.3 Å². The Kier molecular flexibility index (Phi) is 4.99. The maximum Gasteiger partial charge on any atom is 0.313 e. The zero-order valence-electron chi connectivity index (χ0n) is 11.6. The molecule has 106 valence electrons. The van der Waals surface area contributed by atoms with E-state index in [9.17, 15) is 9.59 Å². The van der Waals surface area contributed by atoms with Crippen LogP contribution in [0.4, 0.5) is 0 Å². The van der Waals surface area contributed by atoms with Crippen LogP contribution < -0.4 is 5.32 Å². The highest BCUT2D eigenvalue weighted by molar-refractivity contribution is 7.99. The molecule has 7 heteroatoms. The third kappa shape index (κ3) is 3.99. The molecule has 1 aromatic heterocycles. The van der Waals surface area contributed by atoms with Crippen LogP contribution in [0.2, 0.25) is 0 Å². The van der Waals surface area contributed by atoms with Gasteiger partial charge in [-0.25, -0.2) is 4.98 Å². The maximum absolute atomic E-state index is 11.8. The first kappa shape index (κ1) is 15.6. The fraction of sp³-hybridized carbons (Fsp3) is 0.583. The molecule has 0 aliphatic heterocycles. The van der Waals surface area contributed by atoms with Crippen LogP contribution in [-0.2, 0) is 16.1 Å². The number of aryl methyl sites for hydroxylation is 1. The molecule has 0 unspecified atom stereocenters. The minimum Gasteiger partial charge on any atom is -0.481 e. The number of hydrogen-bond donors (Lipinski definition) is 2. The van der Waals surface area contributed by atoms with Crippen molar-refractivity contribution in [1.29, 1.82) is 0 Å². The van der Waals surface area contributed by atoms with Crippen molar-refractivity contribution in [2.24, 2.45) is 5.41 Å². The molecule has 6 nitrogen and oxygen atoms in total. The first-order valence-corrected chi connectivity index (χ1v) is 6.85. The molecule has 1 amide bonds.